The number of rotatable bonds is 5. The van der Waals surface area contributed by atoms with E-state index in [9.17, 15) is 13.6 Å². The van der Waals surface area contributed by atoms with Crippen LogP contribution in [0.25, 0.3) is 0 Å². The number of alkyl halides is 2. The monoisotopic (exact) mass is 270 g/mol. The summed E-state index contributed by atoms with van der Waals surface area (Å²) in [7, 11) is 1.18. The number of aromatic nitrogens is 1. The van der Waals surface area contributed by atoms with Gasteiger partial charge in [0.25, 0.3) is 6.43 Å². The lowest BCUT2D eigenvalue weighted by Crippen LogP contribution is -2.12. The van der Waals surface area contributed by atoms with Gasteiger partial charge in [0.1, 0.15) is 6.07 Å². The maximum Gasteiger partial charge on any atom is 0.312 e. The Morgan fingerprint density at radius 1 is 1.58 bits per heavy atom. The topological polar surface area (TPSA) is 72.2 Å². The molecule has 1 heterocycles. The van der Waals surface area contributed by atoms with E-state index in [0.29, 0.717) is 0 Å². The summed E-state index contributed by atoms with van der Waals surface area (Å²) < 4.78 is 35.5. The third kappa shape index (κ3) is 3.37. The number of carbonyl (C=O) groups excluding carboxylic acids is 1. The van der Waals surface area contributed by atoms with Gasteiger partial charge in [0.2, 0.25) is 0 Å². The van der Waals surface area contributed by atoms with E-state index in [0.717, 1.165) is 6.20 Å². The highest BCUT2D eigenvalue weighted by Crippen LogP contribution is 2.34. The summed E-state index contributed by atoms with van der Waals surface area (Å²) in [6, 6.07) is 1.62. The van der Waals surface area contributed by atoms with Gasteiger partial charge in [0.15, 0.2) is 5.75 Å². The molecule has 0 saturated carbocycles. The molecule has 0 spiro atoms. The molecule has 1 aromatic heterocycles. The number of hydrogen-bond acceptors (Lipinski definition) is 5. The van der Waals surface area contributed by atoms with Crippen molar-refractivity contribution in [2.24, 2.45) is 0 Å². The number of esters is 1. The second kappa shape index (κ2) is 6.64. The first-order valence-electron chi connectivity index (χ1n) is 5.44. The molecule has 1 aromatic rings. The van der Waals surface area contributed by atoms with E-state index in [1.54, 1.807) is 13.0 Å². The number of pyridine rings is 1. The Labute approximate surface area is 108 Å². The zero-order valence-corrected chi connectivity index (χ0v) is 10.4. The molecule has 0 N–H and O–H groups in total. The molecule has 19 heavy (non-hydrogen) atoms. The molecule has 0 aromatic carbocycles. The predicted octanol–water partition coefficient (Wildman–Crippen LogP) is 2.01. The first-order chi connectivity index (χ1) is 9.04. The Morgan fingerprint density at radius 3 is 2.74 bits per heavy atom. The molecule has 0 aliphatic rings. The van der Waals surface area contributed by atoms with Crippen molar-refractivity contribution in [3.05, 3.63) is 23.0 Å². The number of hydrogen-bond donors (Lipinski definition) is 0. The minimum Gasteiger partial charge on any atom is -0.494 e. The van der Waals surface area contributed by atoms with Gasteiger partial charge in [-0.25, -0.2) is 8.78 Å². The SMILES string of the molecule is CCOC(=O)Cc1ncc(C#N)c(C(F)F)c1OC. The fraction of sp³-hybridized carbons (Fsp3) is 0.417. The van der Waals surface area contributed by atoms with Gasteiger partial charge in [-0.05, 0) is 6.92 Å². The van der Waals surface area contributed by atoms with Gasteiger partial charge in [-0.3, -0.25) is 9.78 Å². The van der Waals surface area contributed by atoms with Crippen molar-refractivity contribution in [1.29, 1.82) is 5.26 Å². The van der Waals surface area contributed by atoms with Gasteiger partial charge in [0.05, 0.1) is 37.0 Å². The van der Waals surface area contributed by atoms with Crippen LogP contribution in [0.3, 0.4) is 0 Å². The molecular formula is C12H12F2N2O3. The van der Waals surface area contributed by atoms with Crippen LogP contribution in [0.2, 0.25) is 0 Å². The lowest BCUT2D eigenvalue weighted by molar-refractivity contribution is -0.142. The smallest absolute Gasteiger partial charge is 0.312 e. The Morgan fingerprint density at radius 2 is 2.26 bits per heavy atom. The van der Waals surface area contributed by atoms with Gasteiger partial charge in [0, 0.05) is 6.20 Å². The summed E-state index contributed by atoms with van der Waals surface area (Å²) in [5.41, 5.74) is -0.811. The lowest BCUT2D eigenvalue weighted by Gasteiger charge is -2.13. The highest BCUT2D eigenvalue weighted by atomic mass is 19.3. The van der Waals surface area contributed by atoms with E-state index < -0.39 is 18.0 Å². The number of halogens is 2. The largest absolute Gasteiger partial charge is 0.494 e. The van der Waals surface area contributed by atoms with Crippen LogP contribution in [0, 0.1) is 11.3 Å². The van der Waals surface area contributed by atoms with Crippen LogP contribution in [0.15, 0.2) is 6.20 Å². The molecule has 0 atom stereocenters. The molecule has 0 radical (unpaired) electrons. The van der Waals surface area contributed by atoms with E-state index in [-0.39, 0.29) is 30.0 Å². The Kier molecular flexibility index (Phi) is 5.18. The predicted molar refractivity (Wildman–Crippen MR) is 60.8 cm³/mol. The molecule has 5 nitrogen and oxygen atoms in total. The van der Waals surface area contributed by atoms with Crippen LogP contribution >= 0.6 is 0 Å². The number of nitriles is 1. The van der Waals surface area contributed by atoms with Gasteiger partial charge in [-0.2, -0.15) is 5.26 Å². The van der Waals surface area contributed by atoms with E-state index in [1.165, 1.54) is 7.11 Å². The molecular weight excluding hydrogens is 258 g/mol. The second-order valence-electron chi connectivity index (χ2n) is 3.46. The molecule has 1 rings (SSSR count). The maximum atomic E-state index is 13.0. The van der Waals surface area contributed by atoms with Crippen LogP contribution in [0.4, 0.5) is 8.78 Å². The molecule has 0 bridgehead atoms. The fourth-order valence-electron chi connectivity index (χ4n) is 1.56. The third-order valence-electron chi connectivity index (χ3n) is 2.31. The number of ether oxygens (including phenoxy) is 2. The lowest BCUT2D eigenvalue weighted by atomic mass is 10.1. The summed E-state index contributed by atoms with van der Waals surface area (Å²) in [5.74, 6) is -0.847. The van der Waals surface area contributed by atoms with E-state index in [4.69, 9.17) is 14.7 Å². The number of carbonyl (C=O) groups is 1. The van der Waals surface area contributed by atoms with Crippen molar-refractivity contribution < 1.29 is 23.0 Å². The van der Waals surface area contributed by atoms with Crippen LogP contribution in [0.5, 0.6) is 5.75 Å². The number of nitrogens with zero attached hydrogens (tertiary/aromatic N) is 2. The van der Waals surface area contributed by atoms with Crippen molar-refractivity contribution in [2.45, 2.75) is 19.8 Å². The average molecular weight is 270 g/mol. The van der Waals surface area contributed by atoms with Crippen LogP contribution in [0.1, 0.15) is 30.2 Å². The molecule has 0 fully saturated rings. The zero-order valence-electron chi connectivity index (χ0n) is 10.4. The van der Waals surface area contributed by atoms with Crippen molar-refractivity contribution in [3.63, 3.8) is 0 Å². The third-order valence-corrected chi connectivity index (χ3v) is 2.31. The molecule has 0 unspecified atom stereocenters. The summed E-state index contributed by atoms with van der Waals surface area (Å²) in [6.45, 7) is 1.81. The average Bonchev–Trinajstić information content (AvgIpc) is 2.38. The Balaban J connectivity index is 3.24. The first-order valence-corrected chi connectivity index (χ1v) is 5.44. The molecule has 0 aliphatic heterocycles. The molecule has 102 valence electrons. The summed E-state index contributed by atoms with van der Waals surface area (Å²) >= 11 is 0. The minimum absolute atomic E-state index is 0.0234. The van der Waals surface area contributed by atoms with Crippen molar-refractivity contribution in [2.75, 3.05) is 13.7 Å². The van der Waals surface area contributed by atoms with E-state index in [1.807, 2.05) is 0 Å². The Bertz CT molecular complexity index is 512. The standard InChI is InChI=1S/C12H12F2N2O3/c1-3-19-9(17)4-8-11(18-2)10(12(13)14)7(5-15)6-16-8/h6,12H,3-4H2,1-2H3. The van der Waals surface area contributed by atoms with Crippen LogP contribution in [-0.4, -0.2) is 24.7 Å². The number of methoxy groups -OCH3 is 1. The first kappa shape index (κ1) is 14.8. The van der Waals surface area contributed by atoms with Gasteiger partial charge in [-0.15, -0.1) is 0 Å². The normalized spacial score (nSPS) is 10.1. The summed E-state index contributed by atoms with van der Waals surface area (Å²) in [4.78, 5) is 15.1. The van der Waals surface area contributed by atoms with Crippen molar-refractivity contribution in [1.82, 2.24) is 4.98 Å². The molecule has 0 aliphatic carbocycles. The van der Waals surface area contributed by atoms with Crippen molar-refractivity contribution in [3.8, 4) is 11.8 Å². The second-order valence-corrected chi connectivity index (χ2v) is 3.46. The minimum atomic E-state index is -2.89. The summed E-state index contributed by atoms with van der Waals surface area (Å²) in [6.07, 6.45) is -2.19. The van der Waals surface area contributed by atoms with E-state index in [2.05, 4.69) is 4.98 Å². The van der Waals surface area contributed by atoms with Gasteiger partial charge >= 0.3 is 5.97 Å². The van der Waals surface area contributed by atoms with E-state index >= 15 is 0 Å². The van der Waals surface area contributed by atoms with Gasteiger partial charge in [-0.1, -0.05) is 0 Å². The summed E-state index contributed by atoms with van der Waals surface area (Å²) in [5, 5.41) is 8.77. The highest BCUT2D eigenvalue weighted by Gasteiger charge is 2.24. The molecule has 7 heteroatoms. The highest BCUT2D eigenvalue weighted by molar-refractivity contribution is 5.73. The quantitative estimate of drug-likeness (QED) is 0.765. The molecule has 0 amide bonds. The van der Waals surface area contributed by atoms with Crippen LogP contribution < -0.4 is 4.74 Å². The zero-order chi connectivity index (χ0) is 14.4. The molecule has 0 saturated heterocycles. The fourth-order valence-corrected chi connectivity index (χ4v) is 1.56. The van der Waals surface area contributed by atoms with Crippen LogP contribution in [-0.2, 0) is 16.0 Å². The van der Waals surface area contributed by atoms with Gasteiger partial charge < -0.3 is 9.47 Å². The Hall–Kier alpha value is -2.23. The maximum absolute atomic E-state index is 13.0. The van der Waals surface area contributed by atoms with Crippen molar-refractivity contribution >= 4 is 5.97 Å².